The Morgan fingerprint density at radius 2 is 1.67 bits per heavy atom. The fraction of sp³-hybridized carbons (Fsp3) is 0.0667. The highest BCUT2D eigenvalue weighted by atomic mass is 79.9. The molecule has 1 N–H and O–H groups in total. The van der Waals surface area contributed by atoms with Gasteiger partial charge >= 0.3 is 5.97 Å². The van der Waals surface area contributed by atoms with Gasteiger partial charge < -0.3 is 10.1 Å². The molecule has 2 rings (SSSR count). The maximum Gasteiger partial charge on any atom is 0.339 e. The molecule has 126 valence electrons. The Morgan fingerprint density at radius 1 is 1.00 bits per heavy atom. The zero-order valence-corrected chi connectivity index (χ0v) is 14.9. The molecule has 0 aliphatic rings. The van der Waals surface area contributed by atoms with Crippen molar-refractivity contribution in [3.05, 3.63) is 62.3 Å². The number of benzene rings is 2. The molecule has 2 aromatic carbocycles. The lowest BCUT2D eigenvalue weighted by molar-refractivity contribution is -0.119. The van der Waals surface area contributed by atoms with Crippen molar-refractivity contribution in [3.63, 3.8) is 0 Å². The summed E-state index contributed by atoms with van der Waals surface area (Å²) in [7, 11) is 0. The highest BCUT2D eigenvalue weighted by Gasteiger charge is 2.16. The van der Waals surface area contributed by atoms with Crippen LogP contribution in [-0.2, 0) is 9.53 Å². The molecule has 24 heavy (non-hydrogen) atoms. The molecule has 0 unspecified atom stereocenters. The van der Waals surface area contributed by atoms with E-state index in [-0.39, 0.29) is 20.2 Å². The summed E-state index contributed by atoms with van der Waals surface area (Å²) in [6.07, 6.45) is 0. The van der Waals surface area contributed by atoms with Gasteiger partial charge in [0.1, 0.15) is 11.6 Å². The summed E-state index contributed by atoms with van der Waals surface area (Å²) in [6.45, 7) is -0.702. The third-order valence-corrected chi connectivity index (χ3v) is 4.04. The summed E-state index contributed by atoms with van der Waals surface area (Å²) in [6, 6.07) is 4.90. The van der Waals surface area contributed by atoms with Crippen LogP contribution in [-0.4, -0.2) is 18.5 Å². The molecule has 0 aliphatic heterocycles. The van der Waals surface area contributed by atoms with Gasteiger partial charge in [-0.15, -0.1) is 0 Å². The van der Waals surface area contributed by atoms with E-state index < -0.39 is 35.9 Å². The Hall–Kier alpha value is -1.87. The monoisotopic (exact) mass is 465 g/mol. The van der Waals surface area contributed by atoms with Crippen LogP contribution in [0.2, 0.25) is 0 Å². The third kappa shape index (κ3) is 4.57. The van der Waals surface area contributed by atoms with Crippen molar-refractivity contribution < 1.29 is 27.5 Å². The topological polar surface area (TPSA) is 55.4 Å². The fourth-order valence-corrected chi connectivity index (χ4v) is 2.72. The van der Waals surface area contributed by atoms with E-state index in [1.165, 1.54) is 6.07 Å². The maximum absolute atomic E-state index is 13.6. The quantitative estimate of drug-likeness (QED) is 0.678. The number of rotatable bonds is 4. The third-order valence-electron chi connectivity index (χ3n) is 2.76. The number of ether oxygens (including phenoxy) is 1. The van der Waals surface area contributed by atoms with Gasteiger partial charge in [-0.05, 0) is 56.1 Å². The molecule has 0 saturated heterocycles. The first kappa shape index (κ1) is 18.5. The van der Waals surface area contributed by atoms with E-state index in [4.69, 9.17) is 4.74 Å². The van der Waals surface area contributed by atoms with Gasteiger partial charge in [0.05, 0.1) is 11.3 Å². The van der Waals surface area contributed by atoms with Crippen molar-refractivity contribution in [2.75, 3.05) is 11.9 Å². The fourth-order valence-electron chi connectivity index (χ4n) is 1.70. The predicted octanol–water partition coefficient (Wildman–Crippen LogP) is 4.42. The van der Waals surface area contributed by atoms with Crippen molar-refractivity contribution in [1.29, 1.82) is 0 Å². The number of halogens is 5. The number of hydrogen-bond acceptors (Lipinski definition) is 3. The summed E-state index contributed by atoms with van der Waals surface area (Å²) >= 11 is 5.92. The van der Waals surface area contributed by atoms with Crippen LogP contribution in [0.4, 0.5) is 18.9 Å². The van der Waals surface area contributed by atoms with Crippen molar-refractivity contribution >= 4 is 49.4 Å². The van der Waals surface area contributed by atoms with Crippen LogP contribution in [0.3, 0.4) is 0 Å². The zero-order chi connectivity index (χ0) is 17.9. The van der Waals surface area contributed by atoms with Crippen molar-refractivity contribution in [3.8, 4) is 0 Å². The number of carbonyl (C=O) groups is 2. The van der Waals surface area contributed by atoms with Crippen LogP contribution in [0.15, 0.2) is 39.3 Å². The molecule has 0 heterocycles. The molecule has 1 amide bonds. The molecule has 0 radical (unpaired) electrons. The van der Waals surface area contributed by atoms with Gasteiger partial charge in [0.2, 0.25) is 0 Å². The lowest BCUT2D eigenvalue weighted by Gasteiger charge is -2.10. The van der Waals surface area contributed by atoms with Gasteiger partial charge in [0.25, 0.3) is 5.91 Å². The van der Waals surface area contributed by atoms with E-state index in [0.717, 1.165) is 18.2 Å². The second-order valence-corrected chi connectivity index (χ2v) is 6.20. The van der Waals surface area contributed by atoms with Crippen LogP contribution in [0.1, 0.15) is 10.4 Å². The summed E-state index contributed by atoms with van der Waals surface area (Å²) in [5.41, 5.74) is -0.251. The van der Waals surface area contributed by atoms with Gasteiger partial charge in [-0.2, -0.15) is 0 Å². The molecule has 0 aliphatic carbocycles. The van der Waals surface area contributed by atoms with Crippen LogP contribution < -0.4 is 5.32 Å². The van der Waals surface area contributed by atoms with Gasteiger partial charge in [-0.1, -0.05) is 0 Å². The van der Waals surface area contributed by atoms with Crippen LogP contribution in [0.5, 0.6) is 0 Å². The number of amides is 1. The van der Waals surface area contributed by atoms with E-state index in [0.29, 0.717) is 6.07 Å². The second-order valence-electron chi connectivity index (χ2n) is 4.49. The Kier molecular flexibility index (Phi) is 6.00. The SMILES string of the molecule is O=C(COC(=O)c1ccc(F)cc1Br)Nc1c(F)cc(F)cc1Br. The first-order chi connectivity index (χ1) is 11.3. The minimum absolute atomic E-state index is 0.000885. The van der Waals surface area contributed by atoms with Crippen LogP contribution in [0.25, 0.3) is 0 Å². The first-order valence-corrected chi connectivity index (χ1v) is 7.93. The molecular formula is C15H8Br2F3NO3. The average Bonchev–Trinajstić information content (AvgIpc) is 2.48. The molecule has 0 bridgehead atoms. The molecule has 0 fully saturated rings. The zero-order valence-electron chi connectivity index (χ0n) is 11.7. The number of esters is 1. The largest absolute Gasteiger partial charge is 0.452 e. The minimum atomic E-state index is -0.983. The number of nitrogens with one attached hydrogen (secondary N) is 1. The van der Waals surface area contributed by atoms with E-state index in [1.54, 1.807) is 0 Å². The van der Waals surface area contributed by atoms with E-state index >= 15 is 0 Å². The Morgan fingerprint density at radius 3 is 2.29 bits per heavy atom. The summed E-state index contributed by atoms with van der Waals surface area (Å²) < 4.78 is 44.5. The lowest BCUT2D eigenvalue weighted by atomic mass is 10.2. The molecule has 0 aromatic heterocycles. The van der Waals surface area contributed by atoms with Crippen molar-refractivity contribution in [1.82, 2.24) is 0 Å². The van der Waals surface area contributed by atoms with E-state index in [9.17, 15) is 22.8 Å². The summed E-state index contributed by atoms with van der Waals surface area (Å²) in [5.74, 6) is -4.04. The molecule has 0 atom stereocenters. The van der Waals surface area contributed by atoms with Crippen LogP contribution in [0, 0.1) is 17.5 Å². The number of hydrogen-bond donors (Lipinski definition) is 1. The average molecular weight is 467 g/mol. The van der Waals surface area contributed by atoms with E-state index in [2.05, 4.69) is 37.2 Å². The first-order valence-electron chi connectivity index (χ1n) is 6.34. The highest BCUT2D eigenvalue weighted by molar-refractivity contribution is 9.11. The van der Waals surface area contributed by atoms with Gasteiger partial charge in [0, 0.05) is 15.0 Å². The molecule has 2 aromatic rings. The second kappa shape index (κ2) is 7.80. The smallest absolute Gasteiger partial charge is 0.339 e. The minimum Gasteiger partial charge on any atom is -0.452 e. The normalized spacial score (nSPS) is 10.4. The molecule has 0 saturated carbocycles. The number of anilines is 1. The summed E-state index contributed by atoms with van der Waals surface area (Å²) in [4.78, 5) is 23.6. The molecule has 4 nitrogen and oxygen atoms in total. The Balaban J connectivity index is 2.00. The molecule has 9 heteroatoms. The Labute approximate surface area is 151 Å². The summed E-state index contributed by atoms with van der Waals surface area (Å²) in [5, 5.41) is 2.16. The van der Waals surface area contributed by atoms with Crippen LogP contribution >= 0.6 is 31.9 Å². The van der Waals surface area contributed by atoms with Gasteiger partial charge in [-0.25, -0.2) is 18.0 Å². The van der Waals surface area contributed by atoms with Gasteiger partial charge in [-0.3, -0.25) is 4.79 Å². The highest BCUT2D eigenvalue weighted by Crippen LogP contribution is 2.26. The van der Waals surface area contributed by atoms with Crippen molar-refractivity contribution in [2.45, 2.75) is 0 Å². The Bertz CT molecular complexity index is 792. The number of carbonyl (C=O) groups excluding carboxylic acids is 2. The molecular weight excluding hydrogens is 459 g/mol. The maximum atomic E-state index is 13.6. The lowest BCUT2D eigenvalue weighted by Crippen LogP contribution is -2.22. The van der Waals surface area contributed by atoms with Gasteiger partial charge in [0.15, 0.2) is 12.4 Å². The molecule has 0 spiro atoms. The van der Waals surface area contributed by atoms with Crippen molar-refractivity contribution in [2.24, 2.45) is 0 Å². The van der Waals surface area contributed by atoms with E-state index in [1.807, 2.05) is 0 Å². The predicted molar refractivity (Wildman–Crippen MR) is 87.1 cm³/mol. The standard InChI is InChI=1S/C15H8Br2F3NO3/c16-10-3-7(18)1-2-9(10)15(23)24-6-13(22)21-14-11(17)4-8(19)5-12(14)20/h1-5H,6H2,(H,21,22).